The first-order valence-corrected chi connectivity index (χ1v) is 11.2. The van der Waals surface area contributed by atoms with E-state index in [2.05, 4.69) is 22.3 Å². The summed E-state index contributed by atoms with van der Waals surface area (Å²) in [6.07, 6.45) is 1.97. The van der Waals surface area contributed by atoms with E-state index in [-0.39, 0.29) is 30.3 Å². The fourth-order valence-corrected chi connectivity index (χ4v) is 5.60. The zero-order valence-electron chi connectivity index (χ0n) is 15.6. The van der Waals surface area contributed by atoms with Gasteiger partial charge in [0.1, 0.15) is 4.21 Å². The monoisotopic (exact) mass is 423 g/mol. The first kappa shape index (κ1) is 23.4. The molecule has 9 heteroatoms. The number of hydrogen-bond donors (Lipinski definition) is 3. The van der Waals surface area contributed by atoms with Crippen molar-refractivity contribution < 1.29 is 13.2 Å². The molecule has 1 fully saturated rings. The lowest BCUT2D eigenvalue weighted by atomic mass is 9.97. The van der Waals surface area contributed by atoms with Gasteiger partial charge in [-0.3, -0.25) is 4.79 Å². The van der Waals surface area contributed by atoms with Crippen molar-refractivity contribution in [2.75, 3.05) is 19.6 Å². The average Bonchev–Trinajstić information content (AvgIpc) is 2.98. The molecule has 2 heterocycles. The lowest BCUT2D eigenvalue weighted by molar-refractivity contribution is -0.121. The Labute approximate surface area is 167 Å². The molecule has 0 bridgehead atoms. The predicted molar refractivity (Wildman–Crippen MR) is 108 cm³/mol. The van der Waals surface area contributed by atoms with Crippen LogP contribution in [0.4, 0.5) is 0 Å². The number of sulfonamides is 1. The smallest absolute Gasteiger partial charge is 0.250 e. The van der Waals surface area contributed by atoms with Crippen LogP contribution in [0.25, 0.3) is 0 Å². The number of amides is 1. The molecule has 1 aromatic rings. The largest absolute Gasteiger partial charge is 0.356 e. The molecular weight excluding hydrogens is 394 g/mol. The molecule has 1 saturated heterocycles. The van der Waals surface area contributed by atoms with E-state index in [0.29, 0.717) is 29.5 Å². The molecule has 0 aliphatic carbocycles. The summed E-state index contributed by atoms with van der Waals surface area (Å²) in [5.74, 6) is 0.655. The van der Waals surface area contributed by atoms with E-state index in [1.54, 1.807) is 6.07 Å². The molecule has 1 aliphatic heterocycles. The number of carbonyl (C=O) groups is 1. The molecule has 0 radical (unpaired) electrons. The summed E-state index contributed by atoms with van der Waals surface area (Å²) < 4.78 is 28.3. The topological polar surface area (TPSA) is 87.3 Å². The SMILES string of the molecule is CC(C)CC(=O)NCCc1ccc(S(=O)(=O)NC2CCNCC2C)s1.Cl. The van der Waals surface area contributed by atoms with Gasteiger partial charge in [-0.05, 0) is 49.9 Å². The maximum atomic E-state index is 12.6. The van der Waals surface area contributed by atoms with Gasteiger partial charge in [0.15, 0.2) is 0 Å². The Bertz CT molecular complexity index is 677. The highest BCUT2D eigenvalue weighted by Gasteiger charge is 2.27. The molecule has 0 aromatic carbocycles. The standard InChI is InChI=1S/C17H29N3O3S2.ClH/c1-12(2)10-16(21)19-9-6-14-4-5-17(24-14)25(22,23)20-15-7-8-18-11-13(15)3;/h4-5,12-13,15,18,20H,6-11H2,1-3H3,(H,19,21);1H. The number of piperidine rings is 1. The highest BCUT2D eigenvalue weighted by Crippen LogP contribution is 2.23. The van der Waals surface area contributed by atoms with Crippen LogP contribution in [-0.2, 0) is 21.2 Å². The van der Waals surface area contributed by atoms with Crippen molar-refractivity contribution in [1.29, 1.82) is 0 Å². The zero-order chi connectivity index (χ0) is 18.4. The average molecular weight is 424 g/mol. The molecule has 0 spiro atoms. The van der Waals surface area contributed by atoms with Crippen molar-refractivity contribution in [1.82, 2.24) is 15.4 Å². The lowest BCUT2D eigenvalue weighted by Gasteiger charge is -2.29. The molecule has 2 unspecified atom stereocenters. The maximum Gasteiger partial charge on any atom is 0.250 e. The van der Waals surface area contributed by atoms with Crippen LogP contribution in [0.5, 0.6) is 0 Å². The van der Waals surface area contributed by atoms with E-state index in [1.165, 1.54) is 11.3 Å². The first-order valence-electron chi connectivity index (χ1n) is 8.86. The van der Waals surface area contributed by atoms with Gasteiger partial charge >= 0.3 is 0 Å². The second-order valence-electron chi connectivity index (χ2n) is 7.12. The molecule has 3 N–H and O–H groups in total. The number of hydrogen-bond acceptors (Lipinski definition) is 5. The second kappa shape index (κ2) is 10.6. The van der Waals surface area contributed by atoms with E-state index in [0.717, 1.165) is 24.4 Å². The van der Waals surface area contributed by atoms with Crippen molar-refractivity contribution in [2.45, 2.75) is 50.3 Å². The normalized spacial score (nSPS) is 20.6. The Balaban J connectivity index is 0.00000338. The third kappa shape index (κ3) is 7.15. The van der Waals surface area contributed by atoms with Crippen LogP contribution in [0.3, 0.4) is 0 Å². The molecule has 1 aromatic heterocycles. The Kier molecular flexibility index (Phi) is 9.54. The maximum absolute atomic E-state index is 12.6. The molecule has 2 rings (SSSR count). The Morgan fingerprint density at radius 2 is 2.12 bits per heavy atom. The van der Waals surface area contributed by atoms with Crippen LogP contribution in [0, 0.1) is 11.8 Å². The summed E-state index contributed by atoms with van der Waals surface area (Å²) in [5.41, 5.74) is 0. The summed E-state index contributed by atoms with van der Waals surface area (Å²) in [7, 11) is -3.48. The third-order valence-corrected chi connectivity index (χ3v) is 7.41. The first-order chi connectivity index (χ1) is 11.8. The van der Waals surface area contributed by atoms with Crippen LogP contribution in [0.1, 0.15) is 38.5 Å². The van der Waals surface area contributed by atoms with E-state index < -0.39 is 10.0 Å². The number of carbonyl (C=O) groups excluding carboxylic acids is 1. The van der Waals surface area contributed by atoms with E-state index in [9.17, 15) is 13.2 Å². The van der Waals surface area contributed by atoms with Gasteiger partial charge in [-0.1, -0.05) is 20.8 Å². The molecule has 26 heavy (non-hydrogen) atoms. The number of halogens is 1. The van der Waals surface area contributed by atoms with Crippen LogP contribution < -0.4 is 15.4 Å². The molecule has 6 nitrogen and oxygen atoms in total. The molecule has 2 atom stereocenters. The van der Waals surface area contributed by atoms with Crippen molar-refractivity contribution >= 4 is 39.7 Å². The van der Waals surface area contributed by atoms with Gasteiger partial charge in [-0.2, -0.15) is 0 Å². The van der Waals surface area contributed by atoms with Crippen molar-refractivity contribution in [3.63, 3.8) is 0 Å². The van der Waals surface area contributed by atoms with Crippen LogP contribution >= 0.6 is 23.7 Å². The van der Waals surface area contributed by atoms with E-state index in [1.807, 2.05) is 19.9 Å². The summed E-state index contributed by atoms with van der Waals surface area (Å²) in [6, 6.07) is 3.47. The summed E-state index contributed by atoms with van der Waals surface area (Å²) >= 11 is 1.28. The van der Waals surface area contributed by atoms with E-state index >= 15 is 0 Å². The van der Waals surface area contributed by atoms with Crippen LogP contribution in [-0.4, -0.2) is 40.0 Å². The number of rotatable bonds is 8. The van der Waals surface area contributed by atoms with Gasteiger partial charge in [0.2, 0.25) is 15.9 Å². The van der Waals surface area contributed by atoms with Gasteiger partial charge in [-0.25, -0.2) is 13.1 Å². The van der Waals surface area contributed by atoms with Crippen molar-refractivity contribution in [3.8, 4) is 0 Å². The Morgan fingerprint density at radius 1 is 1.38 bits per heavy atom. The Morgan fingerprint density at radius 3 is 2.77 bits per heavy atom. The third-order valence-electron chi connectivity index (χ3n) is 4.28. The molecule has 1 aliphatic rings. The van der Waals surface area contributed by atoms with Gasteiger partial charge < -0.3 is 10.6 Å². The minimum atomic E-state index is -3.48. The van der Waals surface area contributed by atoms with E-state index in [4.69, 9.17) is 0 Å². The fourth-order valence-electron chi connectivity index (χ4n) is 2.85. The molecule has 0 saturated carbocycles. The highest BCUT2D eigenvalue weighted by molar-refractivity contribution is 7.91. The number of nitrogens with one attached hydrogen (secondary N) is 3. The van der Waals surface area contributed by atoms with Gasteiger partial charge in [-0.15, -0.1) is 23.7 Å². The fraction of sp³-hybridized carbons (Fsp3) is 0.706. The minimum absolute atomic E-state index is 0. The zero-order valence-corrected chi connectivity index (χ0v) is 18.0. The summed E-state index contributed by atoms with van der Waals surface area (Å²) in [6.45, 7) is 8.27. The second-order valence-corrected chi connectivity index (χ2v) is 10.2. The predicted octanol–water partition coefficient (Wildman–Crippen LogP) is 2.15. The number of thiophene rings is 1. The van der Waals surface area contributed by atoms with Gasteiger partial charge in [0, 0.05) is 23.9 Å². The summed E-state index contributed by atoms with van der Waals surface area (Å²) in [4.78, 5) is 12.6. The molecular formula is C17H30ClN3O3S2. The van der Waals surface area contributed by atoms with Crippen LogP contribution in [0.2, 0.25) is 0 Å². The molecule has 1 amide bonds. The highest BCUT2D eigenvalue weighted by atomic mass is 35.5. The van der Waals surface area contributed by atoms with Crippen LogP contribution in [0.15, 0.2) is 16.3 Å². The van der Waals surface area contributed by atoms with Gasteiger partial charge in [0.05, 0.1) is 0 Å². The molecule has 150 valence electrons. The minimum Gasteiger partial charge on any atom is -0.356 e. The summed E-state index contributed by atoms with van der Waals surface area (Å²) in [5, 5.41) is 6.15. The van der Waals surface area contributed by atoms with Crippen molar-refractivity contribution in [2.24, 2.45) is 11.8 Å². The lowest BCUT2D eigenvalue weighted by Crippen LogP contribution is -2.48. The quantitative estimate of drug-likeness (QED) is 0.597. The van der Waals surface area contributed by atoms with Gasteiger partial charge in [0.25, 0.3) is 0 Å². The van der Waals surface area contributed by atoms with Crippen molar-refractivity contribution in [3.05, 3.63) is 17.0 Å². The Hall–Kier alpha value is -0.670.